The van der Waals surface area contributed by atoms with Gasteiger partial charge in [-0.25, -0.2) is 5.43 Å². The molecule has 8 nitrogen and oxygen atoms in total. The van der Waals surface area contributed by atoms with Crippen LogP contribution in [0, 0.1) is 12.8 Å². The van der Waals surface area contributed by atoms with Gasteiger partial charge < -0.3 is 15.8 Å². The topological polar surface area (TPSA) is 123 Å². The van der Waals surface area contributed by atoms with Crippen molar-refractivity contribution in [3.8, 4) is 5.75 Å². The minimum Gasteiger partial charge on any atom is -0.483 e. The summed E-state index contributed by atoms with van der Waals surface area (Å²) in [5, 5.41) is 6.70. The number of hydrogen-bond donors (Lipinski definition) is 3. The van der Waals surface area contributed by atoms with Crippen molar-refractivity contribution in [1.82, 2.24) is 10.7 Å². The molecule has 158 valence electrons. The van der Waals surface area contributed by atoms with E-state index in [-0.39, 0.29) is 18.4 Å². The highest BCUT2D eigenvalue weighted by Gasteiger charge is 2.24. The van der Waals surface area contributed by atoms with Crippen LogP contribution in [0.3, 0.4) is 0 Å². The van der Waals surface area contributed by atoms with Crippen molar-refractivity contribution in [2.75, 3.05) is 6.61 Å². The lowest BCUT2D eigenvalue weighted by molar-refractivity contribution is -0.124. The number of aryl methyl sites for hydroxylation is 1. The SMILES string of the molecule is Cc1ccc(C(=O)NC(C(=O)NN=Cc2ccccc2OCC(N)=O)C(C)C)cc1. The van der Waals surface area contributed by atoms with E-state index in [9.17, 15) is 14.4 Å². The number of hydrogen-bond acceptors (Lipinski definition) is 5. The molecule has 0 saturated carbocycles. The van der Waals surface area contributed by atoms with Crippen LogP contribution in [0.15, 0.2) is 53.6 Å². The molecular weight excluding hydrogens is 384 g/mol. The van der Waals surface area contributed by atoms with E-state index in [2.05, 4.69) is 15.8 Å². The van der Waals surface area contributed by atoms with Gasteiger partial charge in [-0.1, -0.05) is 43.7 Å². The van der Waals surface area contributed by atoms with E-state index in [1.54, 1.807) is 36.4 Å². The van der Waals surface area contributed by atoms with Crippen molar-refractivity contribution in [3.05, 3.63) is 65.2 Å². The first-order valence-electron chi connectivity index (χ1n) is 9.48. The number of amides is 3. The Kier molecular flexibility index (Phi) is 8.10. The van der Waals surface area contributed by atoms with Crippen LogP contribution in [-0.4, -0.2) is 36.6 Å². The van der Waals surface area contributed by atoms with E-state index in [0.717, 1.165) is 5.56 Å². The van der Waals surface area contributed by atoms with Crippen LogP contribution in [0.1, 0.15) is 35.3 Å². The van der Waals surface area contributed by atoms with Gasteiger partial charge >= 0.3 is 0 Å². The maximum atomic E-state index is 12.6. The molecule has 0 aliphatic heterocycles. The molecule has 0 radical (unpaired) electrons. The zero-order chi connectivity index (χ0) is 22.1. The predicted molar refractivity (Wildman–Crippen MR) is 114 cm³/mol. The Bertz CT molecular complexity index is 923. The van der Waals surface area contributed by atoms with E-state index >= 15 is 0 Å². The Morgan fingerprint density at radius 3 is 2.40 bits per heavy atom. The minimum absolute atomic E-state index is 0.152. The molecular formula is C22H26N4O4. The van der Waals surface area contributed by atoms with E-state index in [0.29, 0.717) is 16.9 Å². The fourth-order valence-electron chi connectivity index (χ4n) is 2.57. The third kappa shape index (κ3) is 6.73. The molecule has 0 spiro atoms. The molecule has 1 unspecified atom stereocenters. The first-order valence-corrected chi connectivity index (χ1v) is 9.48. The second kappa shape index (κ2) is 10.8. The fourth-order valence-corrected chi connectivity index (χ4v) is 2.57. The number of para-hydroxylation sites is 1. The molecule has 8 heteroatoms. The van der Waals surface area contributed by atoms with Crippen molar-refractivity contribution in [2.24, 2.45) is 16.8 Å². The first-order chi connectivity index (χ1) is 14.3. The number of benzene rings is 2. The van der Waals surface area contributed by atoms with Crippen molar-refractivity contribution < 1.29 is 19.1 Å². The third-order valence-electron chi connectivity index (χ3n) is 4.22. The maximum absolute atomic E-state index is 12.6. The van der Waals surface area contributed by atoms with E-state index in [1.807, 2.05) is 32.9 Å². The highest BCUT2D eigenvalue weighted by Crippen LogP contribution is 2.15. The van der Waals surface area contributed by atoms with Crippen LogP contribution in [0.2, 0.25) is 0 Å². The van der Waals surface area contributed by atoms with Crippen molar-refractivity contribution in [1.29, 1.82) is 0 Å². The van der Waals surface area contributed by atoms with Crippen LogP contribution in [0.25, 0.3) is 0 Å². The van der Waals surface area contributed by atoms with E-state index in [4.69, 9.17) is 10.5 Å². The number of nitrogens with zero attached hydrogens (tertiary/aromatic N) is 1. The molecule has 4 N–H and O–H groups in total. The van der Waals surface area contributed by atoms with Gasteiger partial charge in [0.25, 0.3) is 17.7 Å². The van der Waals surface area contributed by atoms with Crippen LogP contribution >= 0.6 is 0 Å². The number of rotatable bonds is 9. The molecule has 0 aromatic heterocycles. The number of primary amides is 1. The number of carbonyl (C=O) groups is 3. The van der Waals surface area contributed by atoms with Crippen molar-refractivity contribution >= 4 is 23.9 Å². The largest absolute Gasteiger partial charge is 0.483 e. The Morgan fingerprint density at radius 1 is 1.10 bits per heavy atom. The molecule has 30 heavy (non-hydrogen) atoms. The third-order valence-corrected chi connectivity index (χ3v) is 4.22. The summed E-state index contributed by atoms with van der Waals surface area (Å²) in [5.41, 5.74) is 9.61. The Morgan fingerprint density at radius 2 is 1.77 bits per heavy atom. The number of hydrazone groups is 1. The summed E-state index contributed by atoms with van der Waals surface area (Å²) in [7, 11) is 0. The first kappa shape index (κ1) is 22.6. The Hall–Kier alpha value is -3.68. The molecule has 2 aromatic carbocycles. The summed E-state index contributed by atoms with van der Waals surface area (Å²) in [6.07, 6.45) is 1.40. The second-order valence-corrected chi connectivity index (χ2v) is 7.09. The van der Waals surface area contributed by atoms with E-state index in [1.165, 1.54) is 6.21 Å². The van der Waals surface area contributed by atoms with Crippen LogP contribution < -0.4 is 21.2 Å². The second-order valence-electron chi connectivity index (χ2n) is 7.09. The quantitative estimate of drug-likeness (QED) is 0.430. The van der Waals surface area contributed by atoms with Gasteiger partial charge in [0.2, 0.25) is 0 Å². The lowest BCUT2D eigenvalue weighted by Crippen LogP contribution is -2.48. The van der Waals surface area contributed by atoms with Crippen molar-refractivity contribution in [2.45, 2.75) is 26.8 Å². The Labute approximate surface area is 175 Å². The van der Waals surface area contributed by atoms with E-state index < -0.39 is 17.9 Å². The maximum Gasteiger partial charge on any atom is 0.262 e. The van der Waals surface area contributed by atoms with Crippen LogP contribution in [0.4, 0.5) is 0 Å². The molecule has 0 fully saturated rings. The van der Waals surface area contributed by atoms with Crippen molar-refractivity contribution in [3.63, 3.8) is 0 Å². The monoisotopic (exact) mass is 410 g/mol. The van der Waals surface area contributed by atoms with Gasteiger partial charge in [-0.15, -0.1) is 0 Å². The number of ether oxygens (including phenoxy) is 1. The predicted octanol–water partition coefficient (Wildman–Crippen LogP) is 1.76. The zero-order valence-electron chi connectivity index (χ0n) is 17.2. The van der Waals surface area contributed by atoms with Gasteiger partial charge in [-0.05, 0) is 37.1 Å². The molecule has 0 heterocycles. The average molecular weight is 410 g/mol. The molecule has 3 amide bonds. The lowest BCUT2D eigenvalue weighted by Gasteiger charge is -2.20. The molecule has 1 atom stereocenters. The Balaban J connectivity index is 2.02. The molecule has 2 rings (SSSR count). The minimum atomic E-state index is -0.766. The van der Waals surface area contributed by atoms with Gasteiger partial charge in [0.05, 0.1) is 6.21 Å². The fraction of sp³-hybridized carbons (Fsp3) is 0.273. The van der Waals surface area contributed by atoms with Crippen LogP contribution in [0.5, 0.6) is 5.75 Å². The molecule has 0 bridgehead atoms. The number of carbonyl (C=O) groups excluding carboxylic acids is 3. The average Bonchev–Trinajstić information content (AvgIpc) is 2.71. The highest BCUT2D eigenvalue weighted by molar-refractivity contribution is 5.97. The normalized spacial score (nSPS) is 11.9. The summed E-state index contributed by atoms with van der Waals surface area (Å²) in [4.78, 5) is 35.9. The van der Waals surface area contributed by atoms with Gasteiger partial charge in [0.1, 0.15) is 11.8 Å². The van der Waals surface area contributed by atoms with Gasteiger partial charge in [-0.3, -0.25) is 14.4 Å². The zero-order valence-corrected chi connectivity index (χ0v) is 17.2. The molecule has 0 aliphatic carbocycles. The summed E-state index contributed by atoms with van der Waals surface area (Å²) in [6.45, 7) is 5.32. The molecule has 0 aliphatic rings. The summed E-state index contributed by atoms with van der Waals surface area (Å²) in [6, 6.07) is 13.2. The van der Waals surface area contributed by atoms with Gasteiger partial charge in [-0.2, -0.15) is 5.10 Å². The summed E-state index contributed by atoms with van der Waals surface area (Å²) in [5.74, 6) is -1.13. The molecule has 0 saturated heterocycles. The number of nitrogens with one attached hydrogen (secondary N) is 2. The highest BCUT2D eigenvalue weighted by atomic mass is 16.5. The van der Waals surface area contributed by atoms with Gasteiger partial charge in [0.15, 0.2) is 6.61 Å². The van der Waals surface area contributed by atoms with Gasteiger partial charge in [0, 0.05) is 11.1 Å². The number of nitrogens with two attached hydrogens (primary N) is 1. The summed E-state index contributed by atoms with van der Waals surface area (Å²) < 4.78 is 5.32. The van der Waals surface area contributed by atoms with Crippen LogP contribution in [-0.2, 0) is 9.59 Å². The summed E-state index contributed by atoms with van der Waals surface area (Å²) >= 11 is 0. The molecule has 2 aromatic rings. The smallest absolute Gasteiger partial charge is 0.262 e. The lowest BCUT2D eigenvalue weighted by atomic mass is 10.0. The standard InChI is InChI=1S/C22H26N4O4/c1-14(2)20(25-21(28)16-10-8-15(3)9-11-16)22(29)26-24-12-17-6-4-5-7-18(17)30-13-19(23)27/h4-12,14,20H,13H2,1-3H3,(H2,23,27)(H,25,28)(H,26,29).